The molecule has 0 aliphatic rings. The molecule has 1 heterocycles. The van der Waals surface area contributed by atoms with Gasteiger partial charge >= 0.3 is 0 Å². The Labute approximate surface area is 165 Å². The molecule has 142 valence electrons. The maximum atomic E-state index is 12.7. The molecule has 1 aromatic heterocycles. The summed E-state index contributed by atoms with van der Waals surface area (Å²) in [6, 6.07) is 21.1. The summed E-state index contributed by atoms with van der Waals surface area (Å²) in [4.78, 5) is 30.7. The van der Waals surface area contributed by atoms with Gasteiger partial charge in [0.25, 0.3) is 11.8 Å². The molecule has 28 heavy (non-hydrogen) atoms. The van der Waals surface area contributed by atoms with Gasteiger partial charge in [0.05, 0.1) is 11.1 Å². The van der Waals surface area contributed by atoms with E-state index in [1.54, 1.807) is 18.0 Å². The van der Waals surface area contributed by atoms with Crippen molar-refractivity contribution in [2.24, 2.45) is 0 Å². The van der Waals surface area contributed by atoms with Crippen molar-refractivity contribution >= 4 is 17.5 Å². The van der Waals surface area contributed by atoms with Crippen molar-refractivity contribution in [3.8, 4) is 0 Å². The molecule has 0 radical (unpaired) electrons. The summed E-state index contributed by atoms with van der Waals surface area (Å²) in [5.41, 5.74) is 2.79. The summed E-state index contributed by atoms with van der Waals surface area (Å²) in [6.45, 7) is 0.565. The van der Waals surface area contributed by atoms with Crippen LogP contribution >= 0.6 is 0 Å². The van der Waals surface area contributed by atoms with E-state index in [-0.39, 0.29) is 11.8 Å². The summed E-state index contributed by atoms with van der Waals surface area (Å²) in [6.07, 6.45) is 4.71. The van der Waals surface area contributed by atoms with E-state index in [4.69, 9.17) is 0 Å². The van der Waals surface area contributed by atoms with Gasteiger partial charge in [-0.05, 0) is 36.6 Å². The predicted molar refractivity (Wildman–Crippen MR) is 111 cm³/mol. The summed E-state index contributed by atoms with van der Waals surface area (Å²) >= 11 is 0. The van der Waals surface area contributed by atoms with Crippen LogP contribution in [0.15, 0.2) is 79.1 Å². The van der Waals surface area contributed by atoms with Gasteiger partial charge in [0.1, 0.15) is 0 Å². The largest absolute Gasteiger partial charge is 0.352 e. The molecule has 0 unspecified atom stereocenters. The second kappa shape index (κ2) is 9.46. The van der Waals surface area contributed by atoms with Gasteiger partial charge in [-0.15, -0.1) is 0 Å². The number of anilines is 1. The van der Waals surface area contributed by atoms with E-state index >= 15 is 0 Å². The zero-order chi connectivity index (χ0) is 19.8. The third-order valence-electron chi connectivity index (χ3n) is 4.47. The number of para-hydroxylation sites is 1. The fourth-order valence-electron chi connectivity index (χ4n) is 2.88. The molecule has 0 aliphatic carbocycles. The van der Waals surface area contributed by atoms with E-state index in [0.717, 1.165) is 18.5 Å². The van der Waals surface area contributed by atoms with Gasteiger partial charge in [-0.25, -0.2) is 0 Å². The lowest BCUT2D eigenvalue weighted by atomic mass is 10.1. The van der Waals surface area contributed by atoms with Crippen LogP contribution in [0.5, 0.6) is 0 Å². The molecular formula is C23H23N3O2. The second-order valence-corrected chi connectivity index (χ2v) is 6.51. The second-order valence-electron chi connectivity index (χ2n) is 6.51. The lowest BCUT2D eigenvalue weighted by Gasteiger charge is -2.17. The van der Waals surface area contributed by atoms with Crippen molar-refractivity contribution in [2.45, 2.75) is 12.8 Å². The average molecular weight is 373 g/mol. The molecule has 0 bridgehead atoms. The number of nitrogens with one attached hydrogen (secondary N) is 1. The van der Waals surface area contributed by atoms with Gasteiger partial charge in [0.2, 0.25) is 0 Å². The Balaban J connectivity index is 1.57. The van der Waals surface area contributed by atoms with Crippen molar-refractivity contribution in [2.75, 3.05) is 18.5 Å². The predicted octanol–water partition coefficient (Wildman–Crippen LogP) is 3.72. The minimum absolute atomic E-state index is 0.211. The molecule has 0 saturated heterocycles. The molecule has 0 aliphatic heterocycles. The lowest BCUT2D eigenvalue weighted by Crippen LogP contribution is -2.28. The number of pyridine rings is 1. The zero-order valence-electron chi connectivity index (χ0n) is 15.8. The minimum atomic E-state index is -0.224. The third kappa shape index (κ3) is 5.04. The van der Waals surface area contributed by atoms with E-state index in [0.29, 0.717) is 17.7 Å². The van der Waals surface area contributed by atoms with E-state index < -0.39 is 0 Å². The number of amides is 2. The van der Waals surface area contributed by atoms with Gasteiger partial charge in [-0.3, -0.25) is 14.6 Å². The molecule has 5 heteroatoms. The topological polar surface area (TPSA) is 62.3 Å². The van der Waals surface area contributed by atoms with Crippen molar-refractivity contribution < 1.29 is 9.59 Å². The van der Waals surface area contributed by atoms with Crippen molar-refractivity contribution in [1.82, 2.24) is 10.3 Å². The van der Waals surface area contributed by atoms with Gasteiger partial charge in [-0.1, -0.05) is 48.5 Å². The number of rotatable bonds is 7. The number of aryl methyl sites for hydroxylation is 1. The summed E-state index contributed by atoms with van der Waals surface area (Å²) in [5.74, 6) is -0.435. The third-order valence-corrected chi connectivity index (χ3v) is 4.47. The Kier molecular flexibility index (Phi) is 6.52. The molecule has 0 fully saturated rings. The molecular weight excluding hydrogens is 350 g/mol. The van der Waals surface area contributed by atoms with E-state index in [2.05, 4.69) is 22.4 Å². The number of hydrogen-bond acceptors (Lipinski definition) is 3. The van der Waals surface area contributed by atoms with Gasteiger partial charge in [0.15, 0.2) is 0 Å². The highest BCUT2D eigenvalue weighted by Crippen LogP contribution is 2.15. The Morgan fingerprint density at radius 1 is 0.929 bits per heavy atom. The molecule has 1 N–H and O–H groups in total. The van der Waals surface area contributed by atoms with Crippen LogP contribution in [0.1, 0.15) is 32.7 Å². The van der Waals surface area contributed by atoms with Crippen LogP contribution in [-0.4, -0.2) is 30.4 Å². The highest BCUT2D eigenvalue weighted by Gasteiger charge is 2.16. The number of nitrogens with zero attached hydrogens (tertiary/aromatic N) is 2. The van der Waals surface area contributed by atoms with E-state index in [1.165, 1.54) is 18.0 Å². The minimum Gasteiger partial charge on any atom is -0.352 e. The Morgan fingerprint density at radius 2 is 1.57 bits per heavy atom. The van der Waals surface area contributed by atoms with Crippen LogP contribution in [0, 0.1) is 0 Å². The molecule has 0 spiro atoms. The first-order valence-corrected chi connectivity index (χ1v) is 9.25. The number of aromatic nitrogens is 1. The molecule has 2 aromatic carbocycles. The van der Waals surface area contributed by atoms with Crippen molar-refractivity contribution in [1.29, 1.82) is 0 Å². The van der Waals surface area contributed by atoms with Crippen LogP contribution in [-0.2, 0) is 6.42 Å². The van der Waals surface area contributed by atoms with Gasteiger partial charge in [-0.2, -0.15) is 0 Å². The van der Waals surface area contributed by atoms with Crippen LogP contribution in [0.2, 0.25) is 0 Å². The van der Waals surface area contributed by atoms with Crippen molar-refractivity contribution in [3.05, 3.63) is 95.8 Å². The Hall–Kier alpha value is -3.47. The van der Waals surface area contributed by atoms with Crippen LogP contribution in [0.4, 0.5) is 5.69 Å². The Bertz CT molecular complexity index is 927. The first-order valence-electron chi connectivity index (χ1n) is 9.25. The normalized spacial score (nSPS) is 10.3. The van der Waals surface area contributed by atoms with Crippen molar-refractivity contribution in [3.63, 3.8) is 0 Å². The maximum Gasteiger partial charge on any atom is 0.259 e. The number of hydrogen-bond donors (Lipinski definition) is 1. The first kappa shape index (κ1) is 19.3. The van der Waals surface area contributed by atoms with Crippen LogP contribution in [0.3, 0.4) is 0 Å². The van der Waals surface area contributed by atoms with E-state index in [1.807, 2.05) is 48.5 Å². The highest BCUT2D eigenvalue weighted by molar-refractivity contribution is 6.07. The van der Waals surface area contributed by atoms with E-state index in [9.17, 15) is 9.59 Å². The van der Waals surface area contributed by atoms with Gasteiger partial charge < -0.3 is 10.2 Å². The Morgan fingerprint density at radius 3 is 2.29 bits per heavy atom. The molecule has 0 atom stereocenters. The monoisotopic (exact) mass is 373 g/mol. The summed E-state index contributed by atoms with van der Waals surface area (Å²) in [7, 11) is 1.70. The number of carbonyl (C=O) groups excluding carboxylic acids is 2. The summed E-state index contributed by atoms with van der Waals surface area (Å²) in [5, 5.41) is 2.89. The zero-order valence-corrected chi connectivity index (χ0v) is 15.8. The average Bonchev–Trinajstić information content (AvgIpc) is 2.77. The summed E-state index contributed by atoms with van der Waals surface area (Å²) < 4.78 is 0. The van der Waals surface area contributed by atoms with Crippen LogP contribution < -0.4 is 10.2 Å². The standard InChI is InChI=1S/C23H23N3O2/c1-26(21-12-6-3-7-13-21)23(28)20-15-19(16-24-17-20)22(27)25-14-8-11-18-9-4-2-5-10-18/h2-7,9-10,12-13,15-17H,8,11,14H2,1H3,(H,25,27). The lowest BCUT2D eigenvalue weighted by molar-refractivity contribution is 0.0953. The molecule has 0 saturated carbocycles. The molecule has 2 amide bonds. The quantitative estimate of drug-likeness (QED) is 0.642. The SMILES string of the molecule is CN(C(=O)c1cncc(C(=O)NCCCc2ccccc2)c1)c1ccccc1. The number of benzene rings is 2. The highest BCUT2D eigenvalue weighted by atomic mass is 16.2. The molecule has 3 rings (SSSR count). The fourth-order valence-corrected chi connectivity index (χ4v) is 2.88. The molecule has 3 aromatic rings. The molecule has 5 nitrogen and oxygen atoms in total. The smallest absolute Gasteiger partial charge is 0.259 e. The maximum absolute atomic E-state index is 12.7. The fraction of sp³-hybridized carbons (Fsp3) is 0.174. The van der Waals surface area contributed by atoms with Gasteiger partial charge in [0, 0.05) is 31.7 Å². The number of carbonyl (C=O) groups is 2. The first-order chi connectivity index (χ1) is 13.6. The van der Waals surface area contributed by atoms with Crippen LogP contribution in [0.25, 0.3) is 0 Å².